The Morgan fingerprint density at radius 1 is 1.42 bits per heavy atom. The molecule has 0 N–H and O–H groups in total. The van der Waals surface area contributed by atoms with E-state index in [1.165, 1.54) is 6.92 Å². The number of Topliss-reactive ketones (excluding diaryl/α,β-unsaturated/α-hetero) is 1. The van der Waals surface area contributed by atoms with E-state index in [2.05, 4.69) is 10.2 Å². The highest BCUT2D eigenvalue weighted by molar-refractivity contribution is 5.75. The van der Waals surface area contributed by atoms with Crippen molar-refractivity contribution in [2.45, 2.75) is 31.6 Å². The molecule has 3 nitrogen and oxygen atoms in total. The first-order valence-electron chi connectivity index (χ1n) is 3.38. The molecule has 0 saturated heterocycles. The number of alkyl halides is 3. The van der Waals surface area contributed by atoms with Gasteiger partial charge in [0.2, 0.25) is 0 Å². The van der Waals surface area contributed by atoms with Crippen molar-refractivity contribution in [2.75, 3.05) is 0 Å². The SMILES string of the molecule is CC(=O)CCC1(C(F)(F)F)N=N1. The molecule has 0 saturated carbocycles. The standard InChI is InChI=1S/C6H7F3N2O/c1-4(12)2-3-5(10-11-5)6(7,8)9/h2-3H2,1H3. The van der Waals surface area contributed by atoms with Gasteiger partial charge in [0.1, 0.15) is 5.78 Å². The Balaban J connectivity index is 2.46. The van der Waals surface area contributed by atoms with Gasteiger partial charge in [0.05, 0.1) is 0 Å². The maximum Gasteiger partial charge on any atom is 0.437 e. The lowest BCUT2D eigenvalue weighted by Gasteiger charge is -2.12. The van der Waals surface area contributed by atoms with E-state index in [1.807, 2.05) is 0 Å². The molecule has 1 heterocycles. The number of rotatable bonds is 3. The molecule has 0 radical (unpaired) electrons. The molecule has 0 aromatic carbocycles. The summed E-state index contributed by atoms with van der Waals surface area (Å²) in [6, 6.07) is 0. The van der Waals surface area contributed by atoms with E-state index in [0.29, 0.717) is 0 Å². The first-order valence-corrected chi connectivity index (χ1v) is 3.38. The predicted molar refractivity (Wildman–Crippen MR) is 33.6 cm³/mol. The van der Waals surface area contributed by atoms with Crippen molar-refractivity contribution in [3.63, 3.8) is 0 Å². The largest absolute Gasteiger partial charge is 0.437 e. The van der Waals surface area contributed by atoms with Crippen molar-refractivity contribution < 1.29 is 18.0 Å². The average Bonchev–Trinajstić information content (AvgIpc) is 2.60. The van der Waals surface area contributed by atoms with E-state index in [0.717, 1.165) is 0 Å². The molecule has 1 aliphatic heterocycles. The Morgan fingerprint density at radius 3 is 2.17 bits per heavy atom. The fourth-order valence-electron chi connectivity index (χ4n) is 0.766. The second-order valence-electron chi connectivity index (χ2n) is 2.72. The lowest BCUT2D eigenvalue weighted by molar-refractivity contribution is -0.165. The minimum atomic E-state index is -4.44. The van der Waals surface area contributed by atoms with Crippen molar-refractivity contribution >= 4 is 5.78 Å². The summed E-state index contributed by atoms with van der Waals surface area (Å²) in [5, 5.41) is 5.85. The van der Waals surface area contributed by atoms with Gasteiger partial charge in [-0.05, 0) is 6.92 Å². The second-order valence-corrected chi connectivity index (χ2v) is 2.72. The number of carbonyl (C=O) groups excluding carboxylic acids is 1. The van der Waals surface area contributed by atoms with Gasteiger partial charge in [-0.15, -0.1) is 10.2 Å². The summed E-state index contributed by atoms with van der Waals surface area (Å²) in [7, 11) is 0. The van der Waals surface area contributed by atoms with Crippen LogP contribution in [0.25, 0.3) is 0 Å². The molecular weight excluding hydrogens is 173 g/mol. The zero-order valence-electron chi connectivity index (χ0n) is 6.35. The number of halogens is 3. The lowest BCUT2D eigenvalue weighted by atomic mass is 10.1. The van der Waals surface area contributed by atoms with Gasteiger partial charge in [-0.1, -0.05) is 0 Å². The maximum absolute atomic E-state index is 12.0. The molecule has 0 bridgehead atoms. The van der Waals surface area contributed by atoms with Gasteiger partial charge < -0.3 is 4.79 Å². The molecule has 0 fully saturated rings. The lowest BCUT2D eigenvalue weighted by Crippen LogP contribution is -2.32. The van der Waals surface area contributed by atoms with E-state index >= 15 is 0 Å². The Labute approximate surface area is 66.7 Å². The number of ketones is 1. The molecule has 0 aliphatic carbocycles. The molecule has 0 amide bonds. The van der Waals surface area contributed by atoms with Crippen LogP contribution in [-0.2, 0) is 4.79 Å². The Hall–Kier alpha value is -0.940. The molecule has 0 unspecified atom stereocenters. The molecule has 0 atom stereocenters. The Kier molecular flexibility index (Phi) is 1.93. The molecule has 1 aliphatic rings. The van der Waals surface area contributed by atoms with Crippen LogP contribution >= 0.6 is 0 Å². The van der Waals surface area contributed by atoms with Gasteiger partial charge in [-0.2, -0.15) is 13.2 Å². The summed E-state index contributed by atoms with van der Waals surface area (Å²) in [6.07, 6.45) is -4.93. The van der Waals surface area contributed by atoms with Crippen LogP contribution in [0.5, 0.6) is 0 Å². The van der Waals surface area contributed by atoms with Crippen LogP contribution in [0.2, 0.25) is 0 Å². The van der Waals surface area contributed by atoms with Crippen molar-refractivity contribution in [1.82, 2.24) is 0 Å². The maximum atomic E-state index is 12.0. The van der Waals surface area contributed by atoms with E-state index in [9.17, 15) is 18.0 Å². The van der Waals surface area contributed by atoms with Crippen LogP contribution in [0.4, 0.5) is 13.2 Å². The Morgan fingerprint density at radius 2 is 1.92 bits per heavy atom. The minimum absolute atomic E-state index is 0.132. The van der Waals surface area contributed by atoms with Gasteiger partial charge in [-0.25, -0.2) is 0 Å². The van der Waals surface area contributed by atoms with Gasteiger partial charge in [0, 0.05) is 12.8 Å². The molecule has 1 rings (SSSR count). The summed E-state index contributed by atoms with van der Waals surface area (Å²) in [5.74, 6) is -0.282. The molecule has 0 aromatic heterocycles. The Bertz CT molecular complexity index is 227. The third kappa shape index (κ3) is 1.62. The third-order valence-corrected chi connectivity index (χ3v) is 1.62. The summed E-state index contributed by atoms with van der Waals surface area (Å²) in [6.45, 7) is 1.24. The molecule has 68 valence electrons. The third-order valence-electron chi connectivity index (χ3n) is 1.62. The van der Waals surface area contributed by atoms with E-state index in [-0.39, 0.29) is 18.6 Å². The highest BCUT2D eigenvalue weighted by atomic mass is 19.4. The number of carbonyl (C=O) groups is 1. The highest BCUT2D eigenvalue weighted by Gasteiger charge is 2.63. The molecule has 6 heteroatoms. The first kappa shape index (κ1) is 9.15. The van der Waals surface area contributed by atoms with Crippen molar-refractivity contribution in [1.29, 1.82) is 0 Å². The van der Waals surface area contributed by atoms with Crippen LogP contribution in [0.15, 0.2) is 10.2 Å². The molecular formula is C6H7F3N2O. The smallest absolute Gasteiger partial charge is 0.300 e. The summed E-state index contributed by atoms with van der Waals surface area (Å²) in [5.41, 5.74) is -2.25. The summed E-state index contributed by atoms with van der Waals surface area (Å²) < 4.78 is 36.1. The van der Waals surface area contributed by atoms with Crippen LogP contribution in [0.1, 0.15) is 19.8 Å². The van der Waals surface area contributed by atoms with Gasteiger partial charge in [-0.3, -0.25) is 0 Å². The van der Waals surface area contributed by atoms with Crippen LogP contribution in [0.3, 0.4) is 0 Å². The first-order chi connectivity index (χ1) is 5.37. The fraction of sp³-hybridized carbons (Fsp3) is 0.833. The number of nitrogens with zero attached hydrogens (tertiary/aromatic N) is 2. The quantitative estimate of drug-likeness (QED) is 0.655. The zero-order chi connectivity index (χ0) is 9.41. The zero-order valence-corrected chi connectivity index (χ0v) is 6.35. The van der Waals surface area contributed by atoms with Crippen molar-refractivity contribution in [3.05, 3.63) is 0 Å². The van der Waals surface area contributed by atoms with Crippen molar-refractivity contribution in [2.24, 2.45) is 10.2 Å². The van der Waals surface area contributed by atoms with Gasteiger partial charge in [0.25, 0.3) is 5.66 Å². The van der Waals surface area contributed by atoms with E-state index in [4.69, 9.17) is 0 Å². The predicted octanol–water partition coefficient (Wildman–Crippen LogP) is 2.08. The van der Waals surface area contributed by atoms with E-state index < -0.39 is 11.8 Å². The average molecular weight is 180 g/mol. The monoisotopic (exact) mass is 180 g/mol. The number of hydrogen-bond acceptors (Lipinski definition) is 3. The van der Waals surface area contributed by atoms with Crippen LogP contribution < -0.4 is 0 Å². The van der Waals surface area contributed by atoms with Crippen molar-refractivity contribution in [3.8, 4) is 0 Å². The topological polar surface area (TPSA) is 41.8 Å². The van der Waals surface area contributed by atoms with Gasteiger partial charge >= 0.3 is 6.18 Å². The summed E-state index contributed by atoms with van der Waals surface area (Å²) in [4.78, 5) is 10.4. The van der Waals surface area contributed by atoms with Crippen LogP contribution in [-0.4, -0.2) is 17.6 Å². The van der Waals surface area contributed by atoms with Crippen LogP contribution in [0, 0.1) is 0 Å². The number of hydrogen-bond donors (Lipinski definition) is 0. The fourth-order valence-corrected chi connectivity index (χ4v) is 0.766. The molecule has 0 spiro atoms. The second kappa shape index (κ2) is 2.53. The van der Waals surface area contributed by atoms with Gasteiger partial charge in [0.15, 0.2) is 0 Å². The minimum Gasteiger partial charge on any atom is -0.300 e. The molecule has 0 aromatic rings. The highest BCUT2D eigenvalue weighted by Crippen LogP contribution is 2.47. The normalized spacial score (nSPS) is 19.3. The summed E-state index contributed by atoms with van der Waals surface area (Å²) >= 11 is 0. The molecule has 12 heavy (non-hydrogen) atoms. The van der Waals surface area contributed by atoms with E-state index in [1.54, 1.807) is 0 Å².